The van der Waals surface area contributed by atoms with Crippen LogP contribution in [0.25, 0.3) is 10.2 Å². The molecule has 0 aliphatic heterocycles. The van der Waals surface area contributed by atoms with Crippen LogP contribution in [0, 0.1) is 6.92 Å². The van der Waals surface area contributed by atoms with E-state index < -0.39 is 0 Å². The van der Waals surface area contributed by atoms with Gasteiger partial charge in [0.15, 0.2) is 4.80 Å². The fourth-order valence-electron chi connectivity index (χ4n) is 2.84. The van der Waals surface area contributed by atoms with Gasteiger partial charge in [0.1, 0.15) is 6.54 Å². The number of nitrogens with zero attached hydrogens (tertiary/aromatic N) is 2. The van der Waals surface area contributed by atoms with Crippen molar-refractivity contribution < 1.29 is 14.3 Å². The van der Waals surface area contributed by atoms with Crippen LogP contribution in [0.2, 0.25) is 0 Å². The number of fused-ring (bicyclic) bond motifs is 1. The molecule has 3 aromatic rings. The molecular weight excluding hydrogens is 360 g/mol. The van der Waals surface area contributed by atoms with Crippen LogP contribution in [-0.2, 0) is 22.5 Å². The lowest BCUT2D eigenvalue weighted by Crippen LogP contribution is -2.23. The second-order valence-corrected chi connectivity index (χ2v) is 7.23. The van der Waals surface area contributed by atoms with E-state index in [1.807, 2.05) is 37.3 Å². The highest BCUT2D eigenvalue weighted by Gasteiger charge is 2.13. The van der Waals surface area contributed by atoms with E-state index in [1.54, 1.807) is 17.6 Å². The van der Waals surface area contributed by atoms with E-state index in [0.717, 1.165) is 22.2 Å². The molecule has 1 heterocycles. The molecular formula is C21H22N2O3S. The Hall–Kier alpha value is -2.73. The van der Waals surface area contributed by atoms with Gasteiger partial charge in [-0.15, -0.1) is 0 Å². The zero-order chi connectivity index (χ0) is 19.4. The van der Waals surface area contributed by atoms with Gasteiger partial charge in [0.25, 0.3) is 5.91 Å². The number of aromatic nitrogens is 1. The Labute approximate surface area is 161 Å². The summed E-state index contributed by atoms with van der Waals surface area (Å²) in [5, 5.41) is 0. The molecule has 2 aromatic carbocycles. The number of benzene rings is 2. The maximum atomic E-state index is 12.6. The van der Waals surface area contributed by atoms with Gasteiger partial charge in [-0.2, -0.15) is 4.99 Å². The summed E-state index contributed by atoms with van der Waals surface area (Å²) in [6, 6.07) is 13.4. The van der Waals surface area contributed by atoms with Crippen LogP contribution in [0.1, 0.15) is 35.3 Å². The summed E-state index contributed by atoms with van der Waals surface area (Å²) < 4.78 is 7.84. The highest BCUT2D eigenvalue weighted by Crippen LogP contribution is 2.20. The van der Waals surface area contributed by atoms with Crippen LogP contribution in [0.4, 0.5) is 0 Å². The molecule has 27 heavy (non-hydrogen) atoms. The van der Waals surface area contributed by atoms with E-state index >= 15 is 0 Å². The van der Waals surface area contributed by atoms with Gasteiger partial charge < -0.3 is 9.30 Å². The quantitative estimate of drug-likeness (QED) is 0.629. The Balaban J connectivity index is 2.11. The van der Waals surface area contributed by atoms with Crippen molar-refractivity contribution in [1.82, 2.24) is 4.57 Å². The molecule has 3 rings (SSSR count). The van der Waals surface area contributed by atoms with Crippen molar-refractivity contribution in [2.75, 3.05) is 6.61 Å². The van der Waals surface area contributed by atoms with Crippen molar-refractivity contribution in [2.24, 2.45) is 4.99 Å². The predicted molar refractivity (Wildman–Crippen MR) is 107 cm³/mol. The molecule has 0 radical (unpaired) electrons. The number of rotatable bonds is 5. The standard InChI is InChI=1S/C21H22N2O3S/c1-4-15-9-10-17-18(12-15)27-21(23(17)13-19(24)26-5-2)22-20(25)16-8-6-7-14(3)11-16/h6-12H,4-5,13H2,1-3H3. The number of carbonyl (C=O) groups is 2. The second kappa shape index (κ2) is 8.31. The van der Waals surface area contributed by atoms with Crippen molar-refractivity contribution in [1.29, 1.82) is 0 Å². The number of aryl methyl sites for hydroxylation is 2. The fraction of sp³-hybridized carbons (Fsp3) is 0.286. The summed E-state index contributed by atoms with van der Waals surface area (Å²) in [5.41, 5.74) is 3.61. The van der Waals surface area contributed by atoms with Crippen LogP contribution in [-0.4, -0.2) is 23.1 Å². The third-order valence-electron chi connectivity index (χ3n) is 4.21. The third kappa shape index (κ3) is 4.34. The molecule has 6 heteroatoms. The van der Waals surface area contributed by atoms with Gasteiger partial charge in [0, 0.05) is 5.56 Å². The molecule has 0 fully saturated rings. The molecule has 0 aliphatic rings. The molecule has 0 spiro atoms. The Morgan fingerprint density at radius 2 is 1.96 bits per heavy atom. The van der Waals surface area contributed by atoms with E-state index in [4.69, 9.17) is 4.74 Å². The first kappa shape index (κ1) is 19.0. The van der Waals surface area contributed by atoms with Gasteiger partial charge in [-0.3, -0.25) is 9.59 Å². The maximum Gasteiger partial charge on any atom is 0.326 e. The van der Waals surface area contributed by atoms with Crippen LogP contribution < -0.4 is 4.80 Å². The average Bonchev–Trinajstić information content (AvgIpc) is 2.98. The molecule has 1 amide bonds. The molecule has 1 aromatic heterocycles. The molecule has 0 N–H and O–H groups in total. The monoisotopic (exact) mass is 382 g/mol. The first-order valence-electron chi connectivity index (χ1n) is 8.95. The first-order valence-corrected chi connectivity index (χ1v) is 9.77. The predicted octanol–water partition coefficient (Wildman–Crippen LogP) is 3.88. The average molecular weight is 382 g/mol. The summed E-state index contributed by atoms with van der Waals surface area (Å²) in [4.78, 5) is 29.5. The SMILES string of the molecule is CCOC(=O)Cn1c(=NC(=O)c2cccc(C)c2)sc2cc(CC)ccc21. The van der Waals surface area contributed by atoms with Gasteiger partial charge in [-0.25, -0.2) is 0 Å². The Morgan fingerprint density at radius 3 is 2.67 bits per heavy atom. The van der Waals surface area contributed by atoms with E-state index in [-0.39, 0.29) is 18.4 Å². The van der Waals surface area contributed by atoms with Crippen LogP contribution in [0.3, 0.4) is 0 Å². The smallest absolute Gasteiger partial charge is 0.326 e. The topological polar surface area (TPSA) is 60.7 Å². The summed E-state index contributed by atoms with van der Waals surface area (Å²) in [7, 11) is 0. The molecule has 0 saturated heterocycles. The van der Waals surface area contributed by atoms with Crippen LogP contribution in [0.5, 0.6) is 0 Å². The number of carbonyl (C=O) groups excluding carboxylic acids is 2. The van der Waals surface area contributed by atoms with E-state index in [1.165, 1.54) is 16.9 Å². The highest BCUT2D eigenvalue weighted by atomic mass is 32.1. The van der Waals surface area contributed by atoms with E-state index in [9.17, 15) is 9.59 Å². The number of hydrogen-bond acceptors (Lipinski definition) is 4. The van der Waals surface area contributed by atoms with Gasteiger partial charge in [-0.1, -0.05) is 42.0 Å². The van der Waals surface area contributed by atoms with Crippen molar-refractivity contribution >= 4 is 33.4 Å². The largest absolute Gasteiger partial charge is 0.465 e. The summed E-state index contributed by atoms with van der Waals surface area (Å²) in [6.07, 6.45) is 0.917. The lowest BCUT2D eigenvalue weighted by molar-refractivity contribution is -0.143. The molecule has 140 valence electrons. The minimum absolute atomic E-state index is 0.0270. The number of ether oxygens (including phenoxy) is 1. The number of amides is 1. The van der Waals surface area contributed by atoms with Crippen molar-refractivity contribution in [3.8, 4) is 0 Å². The highest BCUT2D eigenvalue weighted by molar-refractivity contribution is 7.16. The minimum atomic E-state index is -0.346. The van der Waals surface area contributed by atoms with Crippen LogP contribution >= 0.6 is 11.3 Å². The normalized spacial score (nSPS) is 11.7. The zero-order valence-corrected chi connectivity index (χ0v) is 16.5. The van der Waals surface area contributed by atoms with E-state index in [0.29, 0.717) is 17.0 Å². The van der Waals surface area contributed by atoms with E-state index in [2.05, 4.69) is 18.0 Å². The first-order chi connectivity index (χ1) is 13.0. The van der Waals surface area contributed by atoms with Gasteiger partial charge >= 0.3 is 5.97 Å². The fourth-order valence-corrected chi connectivity index (χ4v) is 3.93. The molecule has 0 atom stereocenters. The minimum Gasteiger partial charge on any atom is -0.465 e. The Kier molecular flexibility index (Phi) is 5.86. The number of thiazole rings is 1. The summed E-state index contributed by atoms with van der Waals surface area (Å²) in [5.74, 6) is -0.667. The molecule has 0 unspecified atom stereocenters. The maximum absolute atomic E-state index is 12.6. The molecule has 0 aliphatic carbocycles. The zero-order valence-electron chi connectivity index (χ0n) is 15.7. The Morgan fingerprint density at radius 1 is 1.15 bits per heavy atom. The Bertz CT molecular complexity index is 1060. The third-order valence-corrected chi connectivity index (χ3v) is 5.25. The number of esters is 1. The lowest BCUT2D eigenvalue weighted by atomic mass is 10.1. The van der Waals surface area contributed by atoms with Crippen molar-refractivity contribution in [3.63, 3.8) is 0 Å². The van der Waals surface area contributed by atoms with Gasteiger partial charge in [0.2, 0.25) is 0 Å². The molecule has 5 nitrogen and oxygen atoms in total. The molecule has 0 saturated carbocycles. The van der Waals surface area contributed by atoms with Gasteiger partial charge in [0.05, 0.1) is 16.8 Å². The summed E-state index contributed by atoms with van der Waals surface area (Å²) >= 11 is 1.41. The second-order valence-electron chi connectivity index (χ2n) is 6.22. The van der Waals surface area contributed by atoms with Crippen molar-refractivity contribution in [3.05, 3.63) is 64.0 Å². The van der Waals surface area contributed by atoms with Crippen LogP contribution in [0.15, 0.2) is 47.5 Å². The molecule has 0 bridgehead atoms. The van der Waals surface area contributed by atoms with Crippen molar-refractivity contribution in [2.45, 2.75) is 33.7 Å². The number of hydrogen-bond donors (Lipinski definition) is 0. The van der Waals surface area contributed by atoms with Gasteiger partial charge in [-0.05, 0) is 50.1 Å². The summed E-state index contributed by atoms with van der Waals surface area (Å²) in [6.45, 7) is 6.14. The lowest BCUT2D eigenvalue weighted by Gasteiger charge is -2.05.